The van der Waals surface area contributed by atoms with Gasteiger partial charge in [-0.3, -0.25) is 0 Å². The highest BCUT2D eigenvalue weighted by atomic mass is 16.6. The molecule has 1 heterocycles. The van der Waals surface area contributed by atoms with Crippen LogP contribution in [0.5, 0.6) is 5.75 Å². The summed E-state index contributed by atoms with van der Waals surface area (Å²) in [6.07, 6.45) is 1.97. The lowest BCUT2D eigenvalue weighted by molar-refractivity contribution is 0.0529. The van der Waals surface area contributed by atoms with Gasteiger partial charge in [0.1, 0.15) is 17.1 Å². The van der Waals surface area contributed by atoms with Crippen LogP contribution in [0.3, 0.4) is 0 Å². The van der Waals surface area contributed by atoms with E-state index in [2.05, 4.69) is 20.9 Å². The van der Waals surface area contributed by atoms with Gasteiger partial charge in [0, 0.05) is 26.1 Å². The third kappa shape index (κ3) is 9.36. The number of hydrogen-bond donors (Lipinski definition) is 3. The molecule has 0 aliphatic carbocycles. The highest BCUT2D eigenvalue weighted by Gasteiger charge is 2.15. The van der Waals surface area contributed by atoms with Gasteiger partial charge in [-0.15, -0.1) is 0 Å². The van der Waals surface area contributed by atoms with E-state index in [-0.39, 0.29) is 0 Å². The predicted octanol–water partition coefficient (Wildman–Crippen LogP) is 3.09. The number of nitrogens with zero attached hydrogens (tertiary/aromatic N) is 1. The van der Waals surface area contributed by atoms with Gasteiger partial charge in [-0.05, 0) is 50.6 Å². The summed E-state index contributed by atoms with van der Waals surface area (Å²) in [4.78, 5) is 16.4. The molecule has 3 N–H and O–H groups in total. The summed E-state index contributed by atoms with van der Waals surface area (Å²) < 4.78 is 15.8. The fourth-order valence-electron chi connectivity index (χ4n) is 2.49. The van der Waals surface area contributed by atoms with Crippen molar-refractivity contribution in [3.63, 3.8) is 0 Å². The first-order chi connectivity index (χ1) is 14.4. The van der Waals surface area contributed by atoms with Crippen molar-refractivity contribution >= 4 is 12.1 Å². The van der Waals surface area contributed by atoms with Crippen LogP contribution in [-0.2, 0) is 17.7 Å². The molecular formula is C22H32N4O4. The number of hydrogen-bond acceptors (Lipinski definition) is 5. The minimum absolute atomic E-state index is 0.413. The number of aliphatic imine (C=N–C) groups is 1. The molecule has 1 aromatic heterocycles. The van der Waals surface area contributed by atoms with Gasteiger partial charge in [-0.2, -0.15) is 0 Å². The number of guanidine groups is 1. The number of ether oxygens (including phenoxy) is 2. The second-order valence-corrected chi connectivity index (χ2v) is 7.62. The molecule has 0 saturated carbocycles. The zero-order valence-corrected chi connectivity index (χ0v) is 18.2. The van der Waals surface area contributed by atoms with Gasteiger partial charge in [0.15, 0.2) is 5.96 Å². The number of carbonyl (C=O) groups excluding carboxylic acids is 1. The van der Waals surface area contributed by atoms with Crippen molar-refractivity contribution in [2.45, 2.75) is 39.3 Å². The van der Waals surface area contributed by atoms with Crippen LogP contribution in [-0.4, -0.2) is 44.4 Å². The van der Waals surface area contributed by atoms with Gasteiger partial charge in [0.2, 0.25) is 0 Å². The summed E-state index contributed by atoms with van der Waals surface area (Å²) >= 11 is 0. The Morgan fingerprint density at radius 2 is 1.73 bits per heavy atom. The molecule has 0 fully saturated rings. The topological polar surface area (TPSA) is 97.1 Å². The highest BCUT2D eigenvalue weighted by Crippen LogP contribution is 2.11. The maximum absolute atomic E-state index is 11.7. The number of alkyl carbamates (subject to hydrolysis) is 1. The lowest BCUT2D eigenvalue weighted by Crippen LogP contribution is -2.43. The molecule has 0 bridgehead atoms. The second-order valence-electron chi connectivity index (χ2n) is 7.62. The van der Waals surface area contributed by atoms with Gasteiger partial charge in [0.25, 0.3) is 0 Å². The maximum atomic E-state index is 11.7. The maximum Gasteiger partial charge on any atom is 0.407 e. The zero-order chi connectivity index (χ0) is 21.8. The molecule has 2 aromatic rings. The first kappa shape index (κ1) is 23.1. The number of rotatable bonds is 9. The smallest absolute Gasteiger partial charge is 0.407 e. The molecular weight excluding hydrogens is 384 g/mol. The zero-order valence-electron chi connectivity index (χ0n) is 18.2. The predicted molar refractivity (Wildman–Crippen MR) is 117 cm³/mol. The molecule has 164 valence electrons. The van der Waals surface area contributed by atoms with Crippen LogP contribution in [0.4, 0.5) is 4.79 Å². The van der Waals surface area contributed by atoms with E-state index in [0.29, 0.717) is 32.1 Å². The number of carbonyl (C=O) groups is 1. The summed E-state index contributed by atoms with van der Waals surface area (Å²) in [5, 5.41) is 9.24. The average molecular weight is 417 g/mol. The Bertz CT molecular complexity index is 780. The van der Waals surface area contributed by atoms with Crippen molar-refractivity contribution in [2.24, 2.45) is 4.99 Å². The molecule has 0 radical (unpaired) electrons. The van der Waals surface area contributed by atoms with Gasteiger partial charge in [0.05, 0.1) is 19.9 Å². The summed E-state index contributed by atoms with van der Waals surface area (Å²) in [6, 6.07) is 11.6. The quantitative estimate of drug-likeness (QED) is 0.330. The first-order valence-corrected chi connectivity index (χ1v) is 10.00. The van der Waals surface area contributed by atoms with E-state index in [1.165, 1.54) is 0 Å². The number of nitrogens with one attached hydrogen (secondary N) is 3. The molecule has 0 unspecified atom stereocenters. The van der Waals surface area contributed by atoms with Crippen molar-refractivity contribution < 1.29 is 18.7 Å². The van der Waals surface area contributed by atoms with Crippen LogP contribution in [0, 0.1) is 0 Å². The van der Waals surface area contributed by atoms with E-state index < -0.39 is 11.7 Å². The Morgan fingerprint density at radius 1 is 1.03 bits per heavy atom. The van der Waals surface area contributed by atoms with Crippen LogP contribution in [0.1, 0.15) is 32.1 Å². The lowest BCUT2D eigenvalue weighted by atomic mass is 10.2. The molecule has 0 atom stereocenters. The van der Waals surface area contributed by atoms with Crippen molar-refractivity contribution in [3.8, 4) is 5.75 Å². The molecule has 2 rings (SSSR count). The number of benzene rings is 1. The molecule has 1 aromatic carbocycles. The minimum Gasteiger partial charge on any atom is -0.497 e. The molecule has 30 heavy (non-hydrogen) atoms. The van der Waals surface area contributed by atoms with Crippen LogP contribution < -0.4 is 20.7 Å². The number of furan rings is 1. The number of methoxy groups -OCH3 is 1. The van der Waals surface area contributed by atoms with E-state index in [1.54, 1.807) is 13.4 Å². The Labute approximate surface area is 178 Å². The fourth-order valence-corrected chi connectivity index (χ4v) is 2.49. The second kappa shape index (κ2) is 11.7. The van der Waals surface area contributed by atoms with Crippen LogP contribution in [0.25, 0.3) is 0 Å². The van der Waals surface area contributed by atoms with E-state index in [0.717, 1.165) is 23.5 Å². The summed E-state index contributed by atoms with van der Waals surface area (Å²) in [6.45, 7) is 7.60. The van der Waals surface area contributed by atoms with Crippen LogP contribution in [0.15, 0.2) is 52.1 Å². The van der Waals surface area contributed by atoms with E-state index in [9.17, 15) is 4.79 Å². The van der Waals surface area contributed by atoms with E-state index in [4.69, 9.17) is 13.9 Å². The van der Waals surface area contributed by atoms with Crippen molar-refractivity contribution in [3.05, 3.63) is 54.0 Å². The van der Waals surface area contributed by atoms with E-state index >= 15 is 0 Å². The Kier molecular flexibility index (Phi) is 9.05. The largest absolute Gasteiger partial charge is 0.497 e. The molecule has 8 heteroatoms. The third-order valence-electron chi connectivity index (χ3n) is 3.91. The SMILES string of the molecule is COc1ccc(CN=C(NCCNC(=O)OC(C)(C)C)NCCc2ccco2)cc1. The molecule has 0 aliphatic rings. The highest BCUT2D eigenvalue weighted by molar-refractivity contribution is 5.79. The third-order valence-corrected chi connectivity index (χ3v) is 3.91. The van der Waals surface area contributed by atoms with Crippen molar-refractivity contribution in [2.75, 3.05) is 26.7 Å². The van der Waals surface area contributed by atoms with Crippen LogP contribution >= 0.6 is 0 Å². The monoisotopic (exact) mass is 416 g/mol. The van der Waals surface area contributed by atoms with Crippen molar-refractivity contribution in [1.29, 1.82) is 0 Å². The summed E-state index contributed by atoms with van der Waals surface area (Å²) in [5.74, 6) is 2.37. The minimum atomic E-state index is -0.518. The Morgan fingerprint density at radius 3 is 2.37 bits per heavy atom. The van der Waals surface area contributed by atoms with Gasteiger partial charge in [-0.25, -0.2) is 9.79 Å². The average Bonchev–Trinajstić information content (AvgIpc) is 3.21. The van der Waals surface area contributed by atoms with Crippen LogP contribution in [0.2, 0.25) is 0 Å². The summed E-state index contributed by atoms with van der Waals surface area (Å²) in [5.41, 5.74) is 0.547. The molecule has 8 nitrogen and oxygen atoms in total. The first-order valence-electron chi connectivity index (χ1n) is 10.00. The molecule has 1 amide bonds. The van der Waals surface area contributed by atoms with Gasteiger partial charge >= 0.3 is 6.09 Å². The molecule has 0 saturated heterocycles. The molecule has 0 aliphatic heterocycles. The standard InChI is InChI=1S/C22H32N4O4/c1-22(2,3)30-21(27)25-14-13-24-20(23-12-11-19-6-5-15-29-19)26-16-17-7-9-18(28-4)10-8-17/h5-10,15H,11-14,16H2,1-4H3,(H,25,27)(H2,23,24,26). The van der Waals surface area contributed by atoms with Gasteiger partial charge in [-0.1, -0.05) is 12.1 Å². The lowest BCUT2D eigenvalue weighted by Gasteiger charge is -2.20. The normalized spacial score (nSPS) is 11.7. The van der Waals surface area contributed by atoms with Crippen molar-refractivity contribution in [1.82, 2.24) is 16.0 Å². The number of amides is 1. The Hall–Kier alpha value is -3.16. The fraction of sp³-hybridized carbons (Fsp3) is 0.455. The van der Waals surface area contributed by atoms with E-state index in [1.807, 2.05) is 57.2 Å². The molecule has 0 spiro atoms. The van der Waals surface area contributed by atoms with Gasteiger partial charge < -0.3 is 29.8 Å². The summed E-state index contributed by atoms with van der Waals surface area (Å²) in [7, 11) is 1.64. The Balaban J connectivity index is 1.84.